The molecule has 1 aliphatic carbocycles. The molecule has 0 bridgehead atoms. The summed E-state index contributed by atoms with van der Waals surface area (Å²) in [7, 11) is 1.82. The summed E-state index contributed by atoms with van der Waals surface area (Å²) in [5.41, 5.74) is 0. The predicted molar refractivity (Wildman–Crippen MR) is 70.9 cm³/mol. The molecule has 0 amide bonds. The molecule has 0 aromatic heterocycles. The summed E-state index contributed by atoms with van der Waals surface area (Å²) in [5, 5.41) is 0. The van der Waals surface area contributed by atoms with Gasteiger partial charge in [-0.25, -0.2) is 8.42 Å². The molecule has 0 aromatic carbocycles. The maximum Gasteiger partial charge on any atom is 0.232 e. The number of ether oxygens (including phenoxy) is 1. The van der Waals surface area contributed by atoms with Crippen LogP contribution in [0.5, 0.6) is 0 Å². The second-order valence-corrected chi connectivity index (χ2v) is 7.75. The van der Waals surface area contributed by atoms with Crippen molar-refractivity contribution < 1.29 is 13.2 Å². The van der Waals surface area contributed by atoms with E-state index in [1.54, 1.807) is 0 Å². The van der Waals surface area contributed by atoms with E-state index in [0.29, 0.717) is 6.42 Å². The lowest BCUT2D eigenvalue weighted by Gasteiger charge is -2.24. The lowest BCUT2D eigenvalue weighted by atomic mass is 9.83. The van der Waals surface area contributed by atoms with Crippen molar-refractivity contribution in [3.8, 4) is 0 Å². The first kappa shape index (κ1) is 15.3. The molecular formula is C12H23ClO3S. The van der Waals surface area contributed by atoms with Crippen molar-refractivity contribution in [2.45, 2.75) is 51.4 Å². The van der Waals surface area contributed by atoms with Crippen molar-refractivity contribution in [1.29, 1.82) is 0 Å². The van der Waals surface area contributed by atoms with E-state index in [1.165, 1.54) is 25.7 Å². The maximum absolute atomic E-state index is 10.6. The predicted octanol–water partition coefficient (Wildman–Crippen LogP) is 3.32. The smallest absolute Gasteiger partial charge is 0.232 e. The van der Waals surface area contributed by atoms with E-state index >= 15 is 0 Å². The summed E-state index contributed by atoms with van der Waals surface area (Å²) in [6.07, 6.45) is 9.00. The SMILES string of the molecule is O=S(=O)(Cl)CCCCCCOCCC1CCC1. The number of unbranched alkanes of at least 4 members (excludes halogenated alkanes) is 3. The third-order valence-corrected chi connectivity index (χ3v) is 4.56. The zero-order valence-corrected chi connectivity index (χ0v) is 11.9. The number of hydrogen-bond acceptors (Lipinski definition) is 3. The van der Waals surface area contributed by atoms with Gasteiger partial charge in [0.25, 0.3) is 0 Å². The molecule has 0 N–H and O–H groups in total. The Balaban J connectivity index is 1.75. The first-order chi connectivity index (χ1) is 8.08. The highest BCUT2D eigenvalue weighted by molar-refractivity contribution is 8.13. The Morgan fingerprint density at radius 1 is 1.06 bits per heavy atom. The van der Waals surface area contributed by atoms with Crippen LogP contribution in [0.4, 0.5) is 0 Å². The van der Waals surface area contributed by atoms with Crippen LogP contribution in [0, 0.1) is 5.92 Å². The molecule has 0 unspecified atom stereocenters. The van der Waals surface area contributed by atoms with E-state index < -0.39 is 9.05 Å². The molecule has 1 saturated carbocycles. The van der Waals surface area contributed by atoms with Crippen LogP contribution in [0.25, 0.3) is 0 Å². The Morgan fingerprint density at radius 3 is 2.35 bits per heavy atom. The molecule has 3 nitrogen and oxygen atoms in total. The molecule has 0 spiro atoms. The van der Waals surface area contributed by atoms with Gasteiger partial charge in [0.15, 0.2) is 0 Å². The number of halogens is 1. The normalized spacial score (nSPS) is 17.0. The summed E-state index contributed by atoms with van der Waals surface area (Å²) in [6.45, 7) is 1.70. The molecule has 0 heterocycles. The standard InChI is InChI=1S/C12H23ClO3S/c13-17(14,15)11-4-2-1-3-9-16-10-8-12-6-5-7-12/h12H,1-11H2. The summed E-state index contributed by atoms with van der Waals surface area (Å²) in [4.78, 5) is 0. The van der Waals surface area contributed by atoms with Gasteiger partial charge in [0.05, 0.1) is 5.75 Å². The summed E-state index contributed by atoms with van der Waals surface area (Å²) >= 11 is 0. The average molecular weight is 283 g/mol. The lowest BCUT2D eigenvalue weighted by Crippen LogP contribution is -2.13. The fourth-order valence-corrected chi connectivity index (χ4v) is 2.84. The van der Waals surface area contributed by atoms with Crippen LogP contribution >= 0.6 is 10.7 Å². The van der Waals surface area contributed by atoms with Crippen molar-refractivity contribution in [3.05, 3.63) is 0 Å². The van der Waals surface area contributed by atoms with Crippen LogP contribution in [0.3, 0.4) is 0 Å². The van der Waals surface area contributed by atoms with Crippen LogP contribution in [0.2, 0.25) is 0 Å². The van der Waals surface area contributed by atoms with Crippen molar-refractivity contribution in [1.82, 2.24) is 0 Å². The van der Waals surface area contributed by atoms with Gasteiger partial charge in [0.1, 0.15) is 0 Å². The summed E-state index contributed by atoms with van der Waals surface area (Å²) in [5.74, 6) is 1.01. The van der Waals surface area contributed by atoms with Crippen molar-refractivity contribution >= 4 is 19.7 Å². The van der Waals surface area contributed by atoms with Gasteiger partial charge in [-0.15, -0.1) is 0 Å². The molecule has 5 heteroatoms. The number of rotatable bonds is 10. The Labute approximate surface area is 109 Å². The van der Waals surface area contributed by atoms with E-state index in [4.69, 9.17) is 15.4 Å². The summed E-state index contributed by atoms with van der Waals surface area (Å²) < 4.78 is 26.8. The Hall–Kier alpha value is 0.200. The monoisotopic (exact) mass is 282 g/mol. The first-order valence-corrected chi connectivity index (χ1v) is 9.06. The van der Waals surface area contributed by atoms with Gasteiger partial charge in [-0.3, -0.25) is 0 Å². The molecule has 102 valence electrons. The van der Waals surface area contributed by atoms with Crippen LogP contribution in [0.1, 0.15) is 51.4 Å². The highest BCUT2D eigenvalue weighted by Gasteiger charge is 2.16. The average Bonchev–Trinajstić information content (AvgIpc) is 2.16. The second-order valence-electron chi connectivity index (χ2n) is 4.86. The zero-order chi connectivity index (χ0) is 12.6. The molecule has 0 atom stereocenters. The Kier molecular flexibility index (Phi) is 7.47. The van der Waals surface area contributed by atoms with Crippen LogP contribution < -0.4 is 0 Å². The summed E-state index contributed by atoms with van der Waals surface area (Å²) in [6, 6.07) is 0. The van der Waals surface area contributed by atoms with E-state index in [2.05, 4.69) is 0 Å². The van der Waals surface area contributed by atoms with E-state index in [0.717, 1.165) is 38.4 Å². The minimum absolute atomic E-state index is 0.0943. The largest absolute Gasteiger partial charge is 0.381 e. The fraction of sp³-hybridized carbons (Fsp3) is 1.00. The van der Waals surface area contributed by atoms with Crippen LogP contribution in [0.15, 0.2) is 0 Å². The molecule has 0 radical (unpaired) electrons. The molecule has 1 aliphatic rings. The molecule has 0 aromatic rings. The highest BCUT2D eigenvalue weighted by atomic mass is 35.7. The number of hydrogen-bond donors (Lipinski definition) is 0. The molecule has 17 heavy (non-hydrogen) atoms. The third kappa shape index (κ3) is 8.86. The van der Waals surface area contributed by atoms with Gasteiger partial charge in [-0.1, -0.05) is 32.1 Å². The highest BCUT2D eigenvalue weighted by Crippen LogP contribution is 2.29. The van der Waals surface area contributed by atoms with Crippen LogP contribution in [-0.2, 0) is 13.8 Å². The van der Waals surface area contributed by atoms with Gasteiger partial charge >= 0.3 is 0 Å². The van der Waals surface area contributed by atoms with Crippen molar-refractivity contribution in [3.63, 3.8) is 0 Å². The molecular weight excluding hydrogens is 260 g/mol. The van der Waals surface area contributed by atoms with Crippen molar-refractivity contribution in [2.75, 3.05) is 19.0 Å². The molecule has 1 fully saturated rings. The Bertz CT molecular complexity index is 286. The first-order valence-electron chi connectivity index (χ1n) is 6.58. The quantitative estimate of drug-likeness (QED) is 0.456. The minimum atomic E-state index is -3.29. The third-order valence-electron chi connectivity index (χ3n) is 3.32. The van der Waals surface area contributed by atoms with Crippen molar-refractivity contribution in [2.24, 2.45) is 5.92 Å². The maximum atomic E-state index is 10.6. The van der Waals surface area contributed by atoms with Gasteiger partial charge in [-0.05, 0) is 25.2 Å². The second kappa shape index (κ2) is 8.33. The van der Waals surface area contributed by atoms with Gasteiger partial charge in [0.2, 0.25) is 9.05 Å². The van der Waals surface area contributed by atoms with E-state index in [9.17, 15) is 8.42 Å². The van der Waals surface area contributed by atoms with Crippen LogP contribution in [-0.4, -0.2) is 27.4 Å². The molecule has 0 saturated heterocycles. The van der Waals surface area contributed by atoms with Gasteiger partial charge in [0, 0.05) is 23.9 Å². The molecule has 0 aliphatic heterocycles. The van der Waals surface area contributed by atoms with Gasteiger partial charge in [-0.2, -0.15) is 0 Å². The van der Waals surface area contributed by atoms with E-state index in [1.807, 2.05) is 0 Å². The minimum Gasteiger partial charge on any atom is -0.381 e. The lowest BCUT2D eigenvalue weighted by molar-refractivity contribution is 0.103. The zero-order valence-electron chi connectivity index (χ0n) is 10.4. The van der Waals surface area contributed by atoms with E-state index in [-0.39, 0.29) is 5.75 Å². The molecule has 1 rings (SSSR count). The topological polar surface area (TPSA) is 43.4 Å². The van der Waals surface area contributed by atoms with Gasteiger partial charge < -0.3 is 4.74 Å². The fourth-order valence-electron chi connectivity index (χ4n) is 1.97. The Morgan fingerprint density at radius 2 is 1.76 bits per heavy atom.